The highest BCUT2D eigenvalue weighted by molar-refractivity contribution is 5.97. The maximum Gasteiger partial charge on any atom is 0.338 e. The third-order valence-corrected chi connectivity index (χ3v) is 3.79. The fourth-order valence-corrected chi connectivity index (χ4v) is 2.29. The largest absolute Gasteiger partial charge is 0.478 e. The van der Waals surface area contributed by atoms with Crippen LogP contribution in [0.4, 0.5) is 14.5 Å². The first-order chi connectivity index (χ1) is 9.83. The normalized spacial score (nSPS) is 17.3. The van der Waals surface area contributed by atoms with Crippen LogP contribution in [0.3, 0.4) is 0 Å². The lowest BCUT2D eigenvalue weighted by molar-refractivity contribution is -0.126. The van der Waals surface area contributed by atoms with Crippen LogP contribution in [0.2, 0.25) is 0 Å². The van der Waals surface area contributed by atoms with E-state index in [9.17, 15) is 18.4 Å². The Balaban J connectivity index is 2.24. The van der Waals surface area contributed by atoms with Gasteiger partial charge in [0.2, 0.25) is 5.91 Å². The molecular formula is C14H16F2N2O3. The van der Waals surface area contributed by atoms with Crippen molar-refractivity contribution in [3.63, 3.8) is 0 Å². The van der Waals surface area contributed by atoms with E-state index < -0.39 is 34.5 Å². The molecule has 1 amide bonds. The molecule has 1 aromatic rings. The average molecular weight is 298 g/mol. The van der Waals surface area contributed by atoms with Crippen LogP contribution in [0.15, 0.2) is 12.1 Å². The molecule has 1 fully saturated rings. The molecular weight excluding hydrogens is 282 g/mol. The number of carboxylic acids is 1. The molecule has 0 atom stereocenters. The van der Waals surface area contributed by atoms with Gasteiger partial charge in [-0.15, -0.1) is 0 Å². The van der Waals surface area contributed by atoms with Crippen LogP contribution in [-0.4, -0.2) is 30.1 Å². The number of hydrogen-bond acceptors (Lipinski definition) is 3. The standard InChI is InChI=1S/C14H16F2N2O3/c1-14(2-4-17-5-3-14)13(21)18-11-6-8(12(19)20)9(15)7-10(11)16/h6-7,17H,2-5H2,1H3,(H,18,21)(H,19,20). The van der Waals surface area contributed by atoms with E-state index in [2.05, 4.69) is 10.6 Å². The molecule has 1 aliphatic rings. The molecule has 1 aromatic carbocycles. The molecule has 3 N–H and O–H groups in total. The molecule has 0 saturated carbocycles. The quantitative estimate of drug-likeness (QED) is 0.797. The summed E-state index contributed by atoms with van der Waals surface area (Å²) < 4.78 is 27.0. The monoisotopic (exact) mass is 298 g/mol. The Bertz CT molecular complexity index is 584. The van der Waals surface area contributed by atoms with Gasteiger partial charge in [-0.25, -0.2) is 13.6 Å². The Morgan fingerprint density at radius 2 is 1.86 bits per heavy atom. The number of benzene rings is 1. The molecule has 0 unspecified atom stereocenters. The number of carbonyl (C=O) groups is 2. The predicted octanol–water partition coefficient (Wildman–Crippen LogP) is 1.99. The molecule has 7 heteroatoms. The highest BCUT2D eigenvalue weighted by Crippen LogP contribution is 2.30. The molecule has 21 heavy (non-hydrogen) atoms. The molecule has 5 nitrogen and oxygen atoms in total. The second kappa shape index (κ2) is 5.77. The Morgan fingerprint density at radius 1 is 1.24 bits per heavy atom. The van der Waals surface area contributed by atoms with Crippen molar-refractivity contribution < 1.29 is 23.5 Å². The number of piperidine rings is 1. The van der Waals surface area contributed by atoms with Gasteiger partial charge >= 0.3 is 5.97 Å². The zero-order valence-electron chi connectivity index (χ0n) is 11.5. The van der Waals surface area contributed by atoms with E-state index in [-0.39, 0.29) is 5.69 Å². The van der Waals surface area contributed by atoms with E-state index in [1.807, 2.05) is 0 Å². The number of hydrogen-bond donors (Lipinski definition) is 3. The smallest absolute Gasteiger partial charge is 0.338 e. The second-order valence-corrected chi connectivity index (χ2v) is 5.38. The second-order valence-electron chi connectivity index (χ2n) is 5.38. The molecule has 2 rings (SSSR count). The molecule has 114 valence electrons. The summed E-state index contributed by atoms with van der Waals surface area (Å²) in [4.78, 5) is 23.1. The zero-order chi connectivity index (χ0) is 15.6. The van der Waals surface area contributed by atoms with Crippen molar-refractivity contribution in [3.05, 3.63) is 29.3 Å². The van der Waals surface area contributed by atoms with Crippen LogP contribution < -0.4 is 10.6 Å². The lowest BCUT2D eigenvalue weighted by atomic mass is 9.80. The first-order valence-corrected chi connectivity index (χ1v) is 6.58. The van der Waals surface area contributed by atoms with Crippen LogP contribution in [-0.2, 0) is 4.79 Å². The predicted molar refractivity (Wildman–Crippen MR) is 72.2 cm³/mol. The minimum Gasteiger partial charge on any atom is -0.478 e. The maximum atomic E-state index is 13.7. The van der Waals surface area contributed by atoms with Crippen molar-refractivity contribution in [2.45, 2.75) is 19.8 Å². The Kier molecular flexibility index (Phi) is 4.22. The van der Waals surface area contributed by atoms with E-state index in [0.29, 0.717) is 32.0 Å². The number of carboxylic acid groups (broad SMARTS) is 1. The zero-order valence-corrected chi connectivity index (χ0v) is 11.5. The summed E-state index contributed by atoms with van der Waals surface area (Å²) in [5, 5.41) is 14.3. The number of rotatable bonds is 3. The van der Waals surface area contributed by atoms with Gasteiger partial charge in [0.05, 0.1) is 11.3 Å². The number of amides is 1. The number of nitrogens with one attached hydrogen (secondary N) is 2. The van der Waals surface area contributed by atoms with E-state index in [1.165, 1.54) is 0 Å². The van der Waals surface area contributed by atoms with Crippen molar-refractivity contribution in [2.24, 2.45) is 5.41 Å². The third-order valence-electron chi connectivity index (χ3n) is 3.79. The van der Waals surface area contributed by atoms with Gasteiger partial charge in [-0.1, -0.05) is 6.92 Å². The minimum absolute atomic E-state index is 0.321. The van der Waals surface area contributed by atoms with Gasteiger partial charge in [0, 0.05) is 11.5 Å². The highest BCUT2D eigenvalue weighted by atomic mass is 19.1. The molecule has 0 bridgehead atoms. The highest BCUT2D eigenvalue weighted by Gasteiger charge is 2.35. The summed E-state index contributed by atoms with van der Waals surface area (Å²) in [7, 11) is 0. The summed E-state index contributed by atoms with van der Waals surface area (Å²) in [6.07, 6.45) is 1.18. The van der Waals surface area contributed by atoms with Gasteiger partial charge in [-0.2, -0.15) is 0 Å². The van der Waals surface area contributed by atoms with Crippen molar-refractivity contribution in [3.8, 4) is 0 Å². The topological polar surface area (TPSA) is 78.4 Å². The molecule has 1 saturated heterocycles. The molecule has 1 aliphatic heterocycles. The number of aromatic carboxylic acids is 1. The van der Waals surface area contributed by atoms with E-state index in [1.54, 1.807) is 6.92 Å². The van der Waals surface area contributed by atoms with E-state index in [4.69, 9.17) is 5.11 Å². The van der Waals surface area contributed by atoms with Crippen LogP contribution in [0.5, 0.6) is 0 Å². The Morgan fingerprint density at radius 3 is 2.43 bits per heavy atom. The SMILES string of the molecule is CC1(C(=O)Nc2cc(C(=O)O)c(F)cc2F)CCNCC1. The van der Waals surface area contributed by atoms with E-state index >= 15 is 0 Å². The fourth-order valence-electron chi connectivity index (χ4n) is 2.29. The minimum atomic E-state index is -1.52. The lowest BCUT2D eigenvalue weighted by Gasteiger charge is -2.32. The van der Waals surface area contributed by atoms with Crippen LogP contribution >= 0.6 is 0 Å². The summed E-state index contributed by atoms with van der Waals surface area (Å²) in [6.45, 7) is 3.12. The van der Waals surface area contributed by atoms with Crippen molar-refractivity contribution in [1.29, 1.82) is 0 Å². The molecule has 0 radical (unpaired) electrons. The third kappa shape index (κ3) is 3.18. The van der Waals surface area contributed by atoms with Crippen LogP contribution in [0.25, 0.3) is 0 Å². The Hall–Kier alpha value is -2.02. The summed E-state index contributed by atoms with van der Waals surface area (Å²) >= 11 is 0. The number of halogens is 2. The van der Waals surface area contributed by atoms with Crippen molar-refractivity contribution in [1.82, 2.24) is 5.32 Å². The lowest BCUT2D eigenvalue weighted by Crippen LogP contribution is -2.43. The summed E-state index contributed by atoms with van der Waals surface area (Å²) in [5.41, 5.74) is -1.66. The molecule has 1 heterocycles. The van der Waals surface area contributed by atoms with Crippen LogP contribution in [0, 0.1) is 17.0 Å². The van der Waals surface area contributed by atoms with Gasteiger partial charge in [-0.3, -0.25) is 4.79 Å². The van der Waals surface area contributed by atoms with Gasteiger partial charge in [0.1, 0.15) is 11.6 Å². The van der Waals surface area contributed by atoms with Gasteiger partial charge in [0.25, 0.3) is 0 Å². The maximum absolute atomic E-state index is 13.7. The number of carbonyl (C=O) groups excluding carboxylic acids is 1. The van der Waals surface area contributed by atoms with Gasteiger partial charge in [-0.05, 0) is 32.0 Å². The van der Waals surface area contributed by atoms with Crippen molar-refractivity contribution >= 4 is 17.6 Å². The summed E-state index contributed by atoms with van der Waals surface area (Å²) in [5.74, 6) is -4.09. The van der Waals surface area contributed by atoms with Gasteiger partial charge < -0.3 is 15.7 Å². The fraction of sp³-hybridized carbons (Fsp3) is 0.429. The van der Waals surface area contributed by atoms with Crippen LogP contribution in [0.1, 0.15) is 30.1 Å². The van der Waals surface area contributed by atoms with Crippen molar-refractivity contribution in [2.75, 3.05) is 18.4 Å². The molecule has 0 spiro atoms. The number of anilines is 1. The Labute approximate surface area is 120 Å². The van der Waals surface area contributed by atoms with Gasteiger partial charge in [0.15, 0.2) is 0 Å². The summed E-state index contributed by atoms with van der Waals surface area (Å²) in [6, 6.07) is 1.26. The first kappa shape index (κ1) is 15.4. The first-order valence-electron chi connectivity index (χ1n) is 6.58. The molecule has 0 aromatic heterocycles. The average Bonchev–Trinajstić information content (AvgIpc) is 2.42. The van der Waals surface area contributed by atoms with E-state index in [0.717, 1.165) is 6.07 Å². The molecule has 0 aliphatic carbocycles.